The monoisotopic (exact) mass is 593 g/mol. The van der Waals surface area contributed by atoms with Gasteiger partial charge in [-0.25, -0.2) is 4.98 Å². The van der Waals surface area contributed by atoms with E-state index in [0.29, 0.717) is 50.8 Å². The normalized spacial score (nSPS) is 13.3. The van der Waals surface area contributed by atoms with Crippen LogP contribution in [0.4, 0.5) is 35.9 Å². The fourth-order valence-corrected chi connectivity index (χ4v) is 4.79. The van der Waals surface area contributed by atoms with Crippen molar-refractivity contribution in [3.05, 3.63) is 119 Å². The molecule has 1 aliphatic heterocycles. The number of aryl methyl sites for hydroxylation is 1. The molecule has 0 saturated heterocycles. The lowest BCUT2D eigenvalue weighted by atomic mass is 10.1. The number of halogens is 3. The van der Waals surface area contributed by atoms with Crippen LogP contribution in [0.2, 0.25) is 0 Å². The molecule has 0 unspecified atom stereocenters. The van der Waals surface area contributed by atoms with Crippen LogP contribution in [-0.2, 0) is 11.0 Å². The number of amides is 2. The van der Waals surface area contributed by atoms with Gasteiger partial charge in [-0.2, -0.15) is 18.4 Å². The number of fused-ring (bicyclic) bond motifs is 1. The van der Waals surface area contributed by atoms with Crippen molar-refractivity contribution in [1.82, 2.24) is 14.5 Å². The van der Waals surface area contributed by atoms with Gasteiger partial charge >= 0.3 is 6.18 Å². The first-order chi connectivity index (χ1) is 21.1. The molecule has 6 rings (SSSR count). The summed E-state index contributed by atoms with van der Waals surface area (Å²) in [6, 6.07) is 18.9. The molecule has 0 fully saturated rings. The highest BCUT2D eigenvalue weighted by atomic mass is 19.4. The summed E-state index contributed by atoms with van der Waals surface area (Å²) in [7, 11) is 0. The minimum Gasteiger partial charge on any atom is -0.360 e. The number of aromatic nitrogens is 3. The number of nitriles is 1. The van der Waals surface area contributed by atoms with Gasteiger partial charge in [0, 0.05) is 52.0 Å². The Bertz CT molecular complexity index is 2010. The Labute approximate surface area is 248 Å². The van der Waals surface area contributed by atoms with Gasteiger partial charge in [0.2, 0.25) is 0 Å². The third-order valence-corrected chi connectivity index (χ3v) is 6.86. The van der Waals surface area contributed by atoms with E-state index in [4.69, 9.17) is 5.26 Å². The summed E-state index contributed by atoms with van der Waals surface area (Å²) in [6.45, 7) is 1.71. The van der Waals surface area contributed by atoms with E-state index in [9.17, 15) is 22.8 Å². The first kappa shape index (κ1) is 28.0. The lowest BCUT2D eigenvalue weighted by Gasteiger charge is -2.14. The number of rotatable bonds is 6. The van der Waals surface area contributed by atoms with Gasteiger partial charge in [0.1, 0.15) is 6.07 Å². The summed E-state index contributed by atoms with van der Waals surface area (Å²) in [4.78, 5) is 32.8. The first-order valence-electron chi connectivity index (χ1n) is 13.2. The van der Waals surface area contributed by atoms with Crippen molar-refractivity contribution in [3.8, 4) is 11.8 Å². The Balaban J connectivity index is 1.21. The van der Waals surface area contributed by atoms with E-state index in [2.05, 4.69) is 25.9 Å². The Kier molecular flexibility index (Phi) is 6.98. The second-order valence-corrected chi connectivity index (χ2v) is 10.1. The van der Waals surface area contributed by atoms with Crippen LogP contribution in [0.5, 0.6) is 0 Å². The number of carbonyl (C=O) groups is 2. The van der Waals surface area contributed by atoms with Gasteiger partial charge in [0.25, 0.3) is 11.8 Å². The molecule has 0 atom stereocenters. The van der Waals surface area contributed by atoms with Crippen LogP contribution >= 0.6 is 0 Å². The number of hydrogen-bond acceptors (Lipinski definition) is 5. The summed E-state index contributed by atoms with van der Waals surface area (Å²) in [6.07, 6.45) is 1.53. The number of carbonyl (C=O) groups excluding carboxylic acids is 2. The van der Waals surface area contributed by atoms with Gasteiger partial charge < -0.3 is 25.5 Å². The Morgan fingerprint density at radius 3 is 2.57 bits per heavy atom. The van der Waals surface area contributed by atoms with Crippen LogP contribution in [0.15, 0.2) is 85.5 Å². The van der Waals surface area contributed by atoms with E-state index in [1.54, 1.807) is 73.9 Å². The fourth-order valence-electron chi connectivity index (χ4n) is 4.79. The van der Waals surface area contributed by atoms with E-state index < -0.39 is 17.6 Å². The Morgan fingerprint density at radius 2 is 1.84 bits per heavy atom. The third kappa shape index (κ3) is 5.79. The summed E-state index contributed by atoms with van der Waals surface area (Å²) in [5, 5.41) is 17.8. The van der Waals surface area contributed by atoms with Crippen LogP contribution in [0.1, 0.15) is 38.4 Å². The summed E-state index contributed by atoms with van der Waals surface area (Å²) >= 11 is 0. The van der Waals surface area contributed by atoms with Crippen molar-refractivity contribution in [2.45, 2.75) is 13.1 Å². The highest BCUT2D eigenvalue weighted by Gasteiger charge is 2.32. The molecule has 12 heteroatoms. The van der Waals surface area contributed by atoms with E-state index >= 15 is 0 Å². The lowest BCUT2D eigenvalue weighted by Crippen LogP contribution is -2.15. The third-order valence-electron chi connectivity index (χ3n) is 6.86. The molecule has 0 saturated carbocycles. The fraction of sp³-hybridized carbons (Fsp3) is 0.0625. The lowest BCUT2D eigenvalue weighted by molar-refractivity contribution is -0.137. The largest absolute Gasteiger partial charge is 0.416 e. The summed E-state index contributed by atoms with van der Waals surface area (Å²) in [5.74, 6) is -0.995. The van der Waals surface area contributed by atoms with Crippen LogP contribution in [0, 0.1) is 18.3 Å². The number of anilines is 4. The number of imidazole rings is 1. The molecule has 0 spiro atoms. The maximum Gasteiger partial charge on any atom is 0.416 e. The van der Waals surface area contributed by atoms with E-state index in [1.807, 2.05) is 6.07 Å². The number of aromatic amines is 1. The smallest absolute Gasteiger partial charge is 0.360 e. The average Bonchev–Trinajstić information content (AvgIpc) is 3.71. The second kappa shape index (κ2) is 11.0. The van der Waals surface area contributed by atoms with Gasteiger partial charge in [-0.05, 0) is 67.6 Å². The predicted octanol–water partition coefficient (Wildman–Crippen LogP) is 6.89. The maximum absolute atomic E-state index is 13.7. The number of nitrogens with one attached hydrogen (secondary N) is 4. The quantitative estimate of drug-likeness (QED) is 0.160. The number of hydrogen-bond donors (Lipinski definition) is 4. The summed E-state index contributed by atoms with van der Waals surface area (Å²) < 4.78 is 42.4. The summed E-state index contributed by atoms with van der Waals surface area (Å²) in [5.41, 5.74) is 4.08. The molecular formula is C32H22F3N7O2. The maximum atomic E-state index is 13.7. The van der Waals surface area contributed by atoms with Crippen molar-refractivity contribution in [1.29, 1.82) is 5.26 Å². The molecule has 4 N–H and O–H groups in total. The molecule has 218 valence electrons. The minimum absolute atomic E-state index is 0.155. The molecule has 0 bridgehead atoms. The SMILES string of the molecule is Cc1cn(-c2cc(C(=O)Nc3cccc(Nc4ccc5c(c4)NC(=O)C5=Cc4cc(C#N)c[nH]4)c3)cc(C(F)(F)F)c2)cn1. The van der Waals surface area contributed by atoms with Crippen molar-refractivity contribution in [3.63, 3.8) is 0 Å². The molecular weight excluding hydrogens is 571 g/mol. The molecule has 3 aromatic carbocycles. The minimum atomic E-state index is -4.65. The number of H-pyrrole nitrogens is 1. The molecule has 0 aliphatic carbocycles. The van der Waals surface area contributed by atoms with Crippen molar-refractivity contribution in [2.24, 2.45) is 0 Å². The average molecular weight is 594 g/mol. The second-order valence-electron chi connectivity index (χ2n) is 10.1. The molecule has 2 amide bonds. The van der Waals surface area contributed by atoms with Gasteiger partial charge in [-0.1, -0.05) is 12.1 Å². The first-order valence-corrected chi connectivity index (χ1v) is 13.2. The number of alkyl halides is 3. The number of benzene rings is 3. The zero-order valence-corrected chi connectivity index (χ0v) is 23.0. The van der Waals surface area contributed by atoms with E-state index in [1.165, 1.54) is 17.0 Å². The molecule has 9 nitrogen and oxygen atoms in total. The zero-order valence-electron chi connectivity index (χ0n) is 23.0. The van der Waals surface area contributed by atoms with Crippen molar-refractivity contribution in [2.75, 3.05) is 16.0 Å². The molecule has 44 heavy (non-hydrogen) atoms. The van der Waals surface area contributed by atoms with Gasteiger partial charge in [-0.15, -0.1) is 0 Å². The molecule has 2 aromatic heterocycles. The van der Waals surface area contributed by atoms with Crippen LogP contribution in [0.25, 0.3) is 17.3 Å². The van der Waals surface area contributed by atoms with Gasteiger partial charge in [0.05, 0.1) is 34.4 Å². The highest BCUT2D eigenvalue weighted by Crippen LogP contribution is 2.36. The molecule has 3 heterocycles. The van der Waals surface area contributed by atoms with Gasteiger partial charge in [-0.3, -0.25) is 9.59 Å². The molecule has 0 radical (unpaired) electrons. The van der Waals surface area contributed by atoms with Crippen molar-refractivity contribution >= 4 is 46.2 Å². The predicted molar refractivity (Wildman–Crippen MR) is 159 cm³/mol. The van der Waals surface area contributed by atoms with Crippen LogP contribution in [-0.4, -0.2) is 26.3 Å². The van der Waals surface area contributed by atoms with Crippen LogP contribution in [0.3, 0.4) is 0 Å². The van der Waals surface area contributed by atoms with E-state index in [0.717, 1.165) is 12.1 Å². The van der Waals surface area contributed by atoms with E-state index in [-0.39, 0.29) is 17.2 Å². The van der Waals surface area contributed by atoms with Gasteiger partial charge in [0.15, 0.2) is 0 Å². The van der Waals surface area contributed by atoms with Crippen molar-refractivity contribution < 1.29 is 22.8 Å². The topological polar surface area (TPSA) is 128 Å². The Morgan fingerprint density at radius 1 is 1.05 bits per heavy atom. The van der Waals surface area contributed by atoms with Crippen LogP contribution < -0.4 is 16.0 Å². The standard InChI is InChI=1S/C32H22F3N7O2/c1-18-16-42(17-38-18)26-9-20(8-21(10-26)32(33,34)35)30(43)40-23-4-2-3-22(11-23)39-24-5-6-27-28(31(44)41-29(27)13-24)12-25-7-19(14-36)15-37-25/h2-13,15-17,37,39H,1H3,(H,40,43)(H,41,44). The number of nitrogens with zero attached hydrogens (tertiary/aromatic N) is 3. The zero-order chi connectivity index (χ0) is 31.0. The highest BCUT2D eigenvalue weighted by molar-refractivity contribution is 6.35. The Hall–Kier alpha value is -6.09. The molecule has 5 aromatic rings. The molecule has 1 aliphatic rings.